The summed E-state index contributed by atoms with van der Waals surface area (Å²) in [7, 11) is 0. The molecule has 0 saturated carbocycles. The number of halogens is 1. The fourth-order valence-electron chi connectivity index (χ4n) is 1.73. The minimum atomic E-state index is 0.176. The van der Waals surface area contributed by atoms with Crippen LogP contribution in [0.25, 0.3) is 0 Å². The third kappa shape index (κ3) is 3.96. The summed E-state index contributed by atoms with van der Waals surface area (Å²) >= 11 is 7.78. The van der Waals surface area contributed by atoms with Gasteiger partial charge in [0.05, 0.1) is 5.02 Å². The van der Waals surface area contributed by atoms with Gasteiger partial charge < -0.3 is 5.73 Å². The van der Waals surface area contributed by atoms with Crippen molar-refractivity contribution in [2.45, 2.75) is 35.7 Å². The minimum Gasteiger partial charge on any atom is -0.327 e. The van der Waals surface area contributed by atoms with Gasteiger partial charge in [0, 0.05) is 17.1 Å². The fraction of sp³-hybridized carbons (Fsp3) is 0.267. The zero-order chi connectivity index (χ0) is 13.7. The van der Waals surface area contributed by atoms with E-state index in [9.17, 15) is 0 Å². The SMILES string of the molecule is CCC(N)Cc1cccnc1Sc1ccccc1Cl. The first-order valence-corrected chi connectivity index (χ1v) is 7.52. The molecule has 0 radical (unpaired) electrons. The molecule has 1 aromatic heterocycles. The Balaban J connectivity index is 2.23. The molecule has 0 bridgehead atoms. The summed E-state index contributed by atoms with van der Waals surface area (Å²) in [5, 5.41) is 1.74. The van der Waals surface area contributed by atoms with Crippen LogP contribution in [0.5, 0.6) is 0 Å². The van der Waals surface area contributed by atoms with Crippen LogP contribution in [0.1, 0.15) is 18.9 Å². The van der Waals surface area contributed by atoms with Gasteiger partial charge in [-0.05, 0) is 36.6 Å². The van der Waals surface area contributed by atoms with E-state index in [0.717, 1.165) is 27.8 Å². The molecule has 2 rings (SSSR count). The van der Waals surface area contributed by atoms with Gasteiger partial charge in [0.2, 0.25) is 0 Å². The maximum absolute atomic E-state index is 6.19. The Morgan fingerprint density at radius 1 is 1.26 bits per heavy atom. The van der Waals surface area contributed by atoms with Crippen LogP contribution >= 0.6 is 23.4 Å². The lowest BCUT2D eigenvalue weighted by molar-refractivity contribution is 0.637. The maximum Gasteiger partial charge on any atom is 0.104 e. The average molecular weight is 293 g/mol. The van der Waals surface area contributed by atoms with Gasteiger partial charge in [-0.15, -0.1) is 0 Å². The largest absolute Gasteiger partial charge is 0.327 e. The average Bonchev–Trinajstić information content (AvgIpc) is 2.43. The normalized spacial score (nSPS) is 12.4. The summed E-state index contributed by atoms with van der Waals surface area (Å²) in [5.74, 6) is 0. The molecule has 2 nitrogen and oxygen atoms in total. The van der Waals surface area contributed by atoms with E-state index in [-0.39, 0.29) is 6.04 Å². The molecule has 0 aliphatic carbocycles. The molecule has 0 amide bonds. The molecule has 100 valence electrons. The summed E-state index contributed by atoms with van der Waals surface area (Å²) in [4.78, 5) is 5.47. The Morgan fingerprint density at radius 3 is 2.79 bits per heavy atom. The topological polar surface area (TPSA) is 38.9 Å². The molecule has 1 aromatic carbocycles. The van der Waals surface area contributed by atoms with E-state index in [0.29, 0.717) is 0 Å². The lowest BCUT2D eigenvalue weighted by Crippen LogP contribution is -2.21. The quantitative estimate of drug-likeness (QED) is 0.899. The number of aromatic nitrogens is 1. The van der Waals surface area contributed by atoms with Gasteiger partial charge in [-0.3, -0.25) is 0 Å². The first-order valence-electron chi connectivity index (χ1n) is 6.32. The molecule has 4 heteroatoms. The predicted octanol–water partition coefficient (Wildman–Crippen LogP) is 4.17. The summed E-state index contributed by atoms with van der Waals surface area (Å²) in [6, 6.07) is 12.0. The highest BCUT2D eigenvalue weighted by Gasteiger charge is 2.10. The Bertz CT molecular complexity index is 545. The molecular weight excluding hydrogens is 276 g/mol. The van der Waals surface area contributed by atoms with Gasteiger partial charge >= 0.3 is 0 Å². The third-order valence-corrected chi connectivity index (χ3v) is 4.48. The highest BCUT2D eigenvalue weighted by atomic mass is 35.5. The van der Waals surface area contributed by atoms with Crippen molar-refractivity contribution in [3.63, 3.8) is 0 Å². The Kier molecular flexibility index (Phi) is 5.25. The number of rotatable bonds is 5. The van der Waals surface area contributed by atoms with Gasteiger partial charge in [0.25, 0.3) is 0 Å². The molecule has 2 N–H and O–H groups in total. The van der Waals surface area contributed by atoms with E-state index in [1.807, 2.05) is 30.3 Å². The summed E-state index contributed by atoms with van der Waals surface area (Å²) in [6.45, 7) is 2.10. The molecule has 0 aliphatic heterocycles. The first kappa shape index (κ1) is 14.4. The standard InChI is InChI=1S/C15H17ClN2S/c1-2-12(17)10-11-6-5-9-18-15(11)19-14-8-4-3-7-13(14)16/h3-9,12H,2,10,17H2,1H3. The smallest absolute Gasteiger partial charge is 0.104 e. The Hall–Kier alpha value is -1.03. The molecule has 0 fully saturated rings. The van der Waals surface area contributed by atoms with Gasteiger partial charge in [0.1, 0.15) is 5.03 Å². The number of nitrogens with zero attached hydrogens (tertiary/aromatic N) is 1. The van der Waals surface area contributed by atoms with Crippen molar-refractivity contribution < 1.29 is 0 Å². The highest BCUT2D eigenvalue weighted by Crippen LogP contribution is 2.33. The van der Waals surface area contributed by atoms with Crippen LogP contribution in [0.15, 0.2) is 52.5 Å². The van der Waals surface area contributed by atoms with Crippen molar-refractivity contribution in [3.05, 3.63) is 53.2 Å². The van der Waals surface area contributed by atoms with E-state index in [2.05, 4.69) is 18.0 Å². The van der Waals surface area contributed by atoms with Crippen molar-refractivity contribution in [2.75, 3.05) is 0 Å². The number of pyridine rings is 1. The molecule has 0 spiro atoms. The van der Waals surface area contributed by atoms with Crippen LogP contribution in [0.4, 0.5) is 0 Å². The van der Waals surface area contributed by atoms with Gasteiger partial charge in [0.15, 0.2) is 0 Å². The summed E-state index contributed by atoms with van der Waals surface area (Å²) in [5.41, 5.74) is 7.22. The van der Waals surface area contributed by atoms with Crippen LogP contribution in [-0.2, 0) is 6.42 Å². The molecule has 0 aliphatic rings. The van der Waals surface area contributed by atoms with Crippen LogP contribution < -0.4 is 5.73 Å². The molecule has 1 unspecified atom stereocenters. The minimum absolute atomic E-state index is 0.176. The lowest BCUT2D eigenvalue weighted by atomic mass is 10.1. The van der Waals surface area contributed by atoms with E-state index < -0.39 is 0 Å². The van der Waals surface area contributed by atoms with Crippen molar-refractivity contribution in [1.82, 2.24) is 4.98 Å². The van der Waals surface area contributed by atoms with Gasteiger partial charge in [-0.1, -0.05) is 48.5 Å². The summed E-state index contributed by atoms with van der Waals surface area (Å²) in [6.07, 6.45) is 3.61. The van der Waals surface area contributed by atoms with Crippen LogP contribution in [0.2, 0.25) is 5.02 Å². The zero-order valence-electron chi connectivity index (χ0n) is 10.8. The molecular formula is C15H17ClN2S. The molecule has 0 saturated heterocycles. The second kappa shape index (κ2) is 6.94. The van der Waals surface area contributed by atoms with E-state index in [1.54, 1.807) is 18.0 Å². The second-order valence-electron chi connectivity index (χ2n) is 4.37. The molecule has 19 heavy (non-hydrogen) atoms. The Morgan fingerprint density at radius 2 is 2.05 bits per heavy atom. The van der Waals surface area contributed by atoms with Crippen molar-refractivity contribution in [2.24, 2.45) is 5.73 Å². The van der Waals surface area contributed by atoms with Crippen molar-refractivity contribution in [3.8, 4) is 0 Å². The maximum atomic E-state index is 6.19. The summed E-state index contributed by atoms with van der Waals surface area (Å²) < 4.78 is 0. The number of nitrogens with two attached hydrogens (primary N) is 1. The monoisotopic (exact) mass is 292 g/mol. The third-order valence-electron chi connectivity index (χ3n) is 2.90. The highest BCUT2D eigenvalue weighted by molar-refractivity contribution is 7.99. The van der Waals surface area contributed by atoms with Crippen LogP contribution in [0.3, 0.4) is 0 Å². The Labute approximate surface area is 123 Å². The van der Waals surface area contributed by atoms with Crippen LogP contribution in [0, 0.1) is 0 Å². The zero-order valence-corrected chi connectivity index (χ0v) is 12.4. The van der Waals surface area contributed by atoms with Crippen molar-refractivity contribution >= 4 is 23.4 Å². The van der Waals surface area contributed by atoms with E-state index in [4.69, 9.17) is 17.3 Å². The second-order valence-corrected chi connectivity index (χ2v) is 5.81. The number of benzene rings is 1. The fourth-order valence-corrected chi connectivity index (χ4v) is 2.90. The van der Waals surface area contributed by atoms with Gasteiger partial charge in [-0.2, -0.15) is 0 Å². The number of hydrogen-bond donors (Lipinski definition) is 1. The molecule has 2 aromatic rings. The van der Waals surface area contributed by atoms with E-state index in [1.165, 1.54) is 5.56 Å². The van der Waals surface area contributed by atoms with E-state index >= 15 is 0 Å². The molecule has 1 heterocycles. The molecule has 1 atom stereocenters. The lowest BCUT2D eigenvalue weighted by Gasteiger charge is -2.12. The van der Waals surface area contributed by atoms with Crippen molar-refractivity contribution in [1.29, 1.82) is 0 Å². The predicted molar refractivity (Wildman–Crippen MR) is 81.8 cm³/mol. The van der Waals surface area contributed by atoms with Gasteiger partial charge in [-0.25, -0.2) is 4.98 Å². The van der Waals surface area contributed by atoms with Crippen LogP contribution in [-0.4, -0.2) is 11.0 Å². The first-order chi connectivity index (χ1) is 9.20. The number of hydrogen-bond acceptors (Lipinski definition) is 3.